The SMILES string of the molecule is Cc1c(C(=O)CN2[C@@H]3CC[C@@H]2[C@@H](O)C3)cc(CC2CCOCC2)n1-c1ccc(C#N)cc1. The van der Waals surface area contributed by atoms with Gasteiger partial charge in [-0.05, 0) is 81.7 Å². The van der Waals surface area contributed by atoms with E-state index in [1.165, 1.54) is 0 Å². The van der Waals surface area contributed by atoms with E-state index in [-0.39, 0.29) is 17.9 Å². The first-order valence-corrected chi connectivity index (χ1v) is 11.8. The third-order valence-corrected chi connectivity index (χ3v) is 7.69. The van der Waals surface area contributed by atoms with Crippen molar-refractivity contribution in [3.63, 3.8) is 0 Å². The predicted molar refractivity (Wildman–Crippen MR) is 121 cm³/mol. The number of nitrogens with zero attached hydrogens (tertiary/aromatic N) is 3. The third-order valence-electron chi connectivity index (χ3n) is 7.69. The number of aliphatic hydroxyl groups excluding tert-OH is 1. The molecule has 3 fully saturated rings. The van der Waals surface area contributed by atoms with Gasteiger partial charge in [0.2, 0.25) is 0 Å². The number of Topliss-reactive ketones (excluding diaryl/α,β-unsaturated/α-hetero) is 1. The van der Waals surface area contributed by atoms with Crippen LogP contribution >= 0.6 is 0 Å². The number of rotatable bonds is 6. The standard InChI is InChI=1S/C26H31N3O3/c1-17-23(26(31)16-28-21-6-7-24(28)25(30)14-21)13-22(12-18-8-10-32-11-9-18)29(17)20-4-2-19(15-27)3-5-20/h2-5,13,18,21,24-25,30H,6-12,14,16H2,1H3/t21-,24-,25+/m1/s1. The Bertz CT molecular complexity index is 1030. The van der Waals surface area contributed by atoms with Gasteiger partial charge in [-0.2, -0.15) is 5.26 Å². The Morgan fingerprint density at radius 2 is 1.94 bits per heavy atom. The zero-order valence-electron chi connectivity index (χ0n) is 18.7. The maximum Gasteiger partial charge on any atom is 0.178 e. The minimum Gasteiger partial charge on any atom is -0.391 e. The van der Waals surface area contributed by atoms with Gasteiger partial charge in [-0.3, -0.25) is 9.69 Å². The van der Waals surface area contributed by atoms with Crippen LogP contribution in [-0.2, 0) is 11.2 Å². The molecule has 6 nitrogen and oxygen atoms in total. The lowest BCUT2D eigenvalue weighted by Crippen LogP contribution is -2.36. The van der Waals surface area contributed by atoms with Crippen LogP contribution in [0.1, 0.15) is 59.4 Å². The van der Waals surface area contributed by atoms with Crippen LogP contribution in [0.2, 0.25) is 0 Å². The van der Waals surface area contributed by atoms with Gasteiger partial charge in [0.15, 0.2) is 5.78 Å². The van der Waals surface area contributed by atoms with Crippen molar-refractivity contribution in [3.8, 4) is 11.8 Å². The second kappa shape index (κ2) is 8.82. The molecule has 6 heteroatoms. The van der Waals surface area contributed by atoms with Gasteiger partial charge in [0.1, 0.15) is 0 Å². The van der Waals surface area contributed by atoms with Crippen molar-refractivity contribution in [3.05, 3.63) is 52.8 Å². The second-order valence-electron chi connectivity index (χ2n) is 9.59. The largest absolute Gasteiger partial charge is 0.391 e. The summed E-state index contributed by atoms with van der Waals surface area (Å²) in [6.45, 7) is 3.99. The van der Waals surface area contributed by atoms with E-state index in [1.807, 2.05) is 31.2 Å². The van der Waals surface area contributed by atoms with Gasteiger partial charge in [-0.1, -0.05) is 0 Å². The van der Waals surface area contributed by atoms with E-state index in [1.54, 1.807) is 0 Å². The molecule has 0 spiro atoms. The van der Waals surface area contributed by atoms with Crippen LogP contribution in [0.25, 0.3) is 5.69 Å². The Labute approximate surface area is 189 Å². The van der Waals surface area contributed by atoms with Crippen molar-refractivity contribution in [2.75, 3.05) is 19.8 Å². The average molecular weight is 434 g/mol. The highest BCUT2D eigenvalue weighted by Crippen LogP contribution is 2.38. The van der Waals surface area contributed by atoms with E-state index in [0.717, 1.165) is 74.4 Å². The molecule has 3 aliphatic rings. The summed E-state index contributed by atoms with van der Waals surface area (Å²) < 4.78 is 7.73. The van der Waals surface area contributed by atoms with E-state index in [0.29, 0.717) is 24.1 Å². The summed E-state index contributed by atoms with van der Waals surface area (Å²) in [7, 11) is 0. The maximum atomic E-state index is 13.4. The number of hydrogen-bond donors (Lipinski definition) is 1. The normalized spacial score (nSPS) is 25.8. The summed E-state index contributed by atoms with van der Waals surface area (Å²) in [5.41, 5.74) is 4.49. The summed E-state index contributed by atoms with van der Waals surface area (Å²) in [6.07, 6.45) is 5.54. The first-order valence-electron chi connectivity index (χ1n) is 11.8. The predicted octanol–water partition coefficient (Wildman–Crippen LogP) is 3.41. The number of benzene rings is 1. The van der Waals surface area contributed by atoms with Crippen LogP contribution in [-0.4, -0.2) is 58.3 Å². The molecule has 1 N–H and O–H groups in total. The number of nitriles is 1. The Balaban J connectivity index is 1.45. The third kappa shape index (κ3) is 3.90. The monoisotopic (exact) mass is 433 g/mol. The lowest BCUT2D eigenvalue weighted by molar-refractivity contribution is 0.0661. The lowest BCUT2D eigenvalue weighted by atomic mass is 9.94. The van der Waals surface area contributed by atoms with Crippen LogP contribution in [0.4, 0.5) is 0 Å². The van der Waals surface area contributed by atoms with E-state index >= 15 is 0 Å². The Kier molecular flexibility index (Phi) is 5.90. The molecule has 168 valence electrons. The van der Waals surface area contributed by atoms with Gasteiger partial charge in [0.05, 0.1) is 24.3 Å². The van der Waals surface area contributed by atoms with Gasteiger partial charge < -0.3 is 14.4 Å². The minimum absolute atomic E-state index is 0.131. The Morgan fingerprint density at radius 1 is 1.19 bits per heavy atom. The molecule has 1 aromatic heterocycles. The zero-order valence-corrected chi connectivity index (χ0v) is 18.7. The fourth-order valence-corrected chi connectivity index (χ4v) is 5.96. The number of hydrogen-bond acceptors (Lipinski definition) is 5. The van der Waals surface area contributed by atoms with Crippen molar-refractivity contribution in [1.29, 1.82) is 5.26 Å². The molecule has 32 heavy (non-hydrogen) atoms. The van der Waals surface area contributed by atoms with E-state index in [2.05, 4.69) is 21.6 Å². The number of fused-ring (bicyclic) bond motifs is 2. The highest BCUT2D eigenvalue weighted by Gasteiger charge is 2.46. The summed E-state index contributed by atoms with van der Waals surface area (Å²) in [4.78, 5) is 15.7. The molecule has 3 saturated heterocycles. The number of carbonyl (C=O) groups is 1. The minimum atomic E-state index is -0.296. The maximum absolute atomic E-state index is 13.4. The topological polar surface area (TPSA) is 78.5 Å². The van der Waals surface area contributed by atoms with E-state index < -0.39 is 0 Å². The van der Waals surface area contributed by atoms with Crippen molar-refractivity contribution >= 4 is 5.78 Å². The molecule has 1 aromatic carbocycles. The van der Waals surface area contributed by atoms with E-state index in [9.17, 15) is 9.90 Å². The summed E-state index contributed by atoms with van der Waals surface area (Å²) in [6, 6.07) is 12.3. The molecule has 5 rings (SSSR count). The molecule has 2 aromatic rings. The lowest BCUT2D eigenvalue weighted by Gasteiger charge is -2.23. The highest BCUT2D eigenvalue weighted by molar-refractivity contribution is 5.99. The number of aromatic nitrogens is 1. The smallest absolute Gasteiger partial charge is 0.178 e. The van der Waals surface area contributed by atoms with Crippen molar-refractivity contribution in [2.45, 2.75) is 63.6 Å². The first kappa shape index (κ1) is 21.4. The summed E-state index contributed by atoms with van der Waals surface area (Å²) in [5, 5.41) is 19.4. The molecule has 0 aliphatic carbocycles. The van der Waals surface area contributed by atoms with Crippen LogP contribution < -0.4 is 0 Å². The fourth-order valence-electron chi connectivity index (χ4n) is 5.96. The van der Waals surface area contributed by atoms with Crippen molar-refractivity contribution in [2.24, 2.45) is 5.92 Å². The number of aliphatic hydroxyl groups is 1. The fraction of sp³-hybridized carbons (Fsp3) is 0.538. The molecule has 0 radical (unpaired) electrons. The van der Waals surface area contributed by atoms with Gasteiger partial charge in [0, 0.05) is 47.9 Å². The van der Waals surface area contributed by atoms with Crippen LogP contribution in [0.5, 0.6) is 0 Å². The van der Waals surface area contributed by atoms with Crippen molar-refractivity contribution in [1.82, 2.24) is 9.47 Å². The average Bonchev–Trinajstić information content (AvgIpc) is 3.44. The molecule has 0 unspecified atom stereocenters. The molecule has 0 amide bonds. The zero-order chi connectivity index (χ0) is 22.2. The molecule has 3 aliphatic heterocycles. The summed E-state index contributed by atoms with van der Waals surface area (Å²) >= 11 is 0. The van der Waals surface area contributed by atoms with Gasteiger partial charge in [-0.15, -0.1) is 0 Å². The number of ketones is 1. The molecule has 3 atom stereocenters. The van der Waals surface area contributed by atoms with Crippen LogP contribution in [0.3, 0.4) is 0 Å². The Hall–Kier alpha value is -2.46. The van der Waals surface area contributed by atoms with Crippen molar-refractivity contribution < 1.29 is 14.6 Å². The first-order chi connectivity index (χ1) is 15.5. The van der Waals surface area contributed by atoms with Crippen LogP contribution in [0.15, 0.2) is 30.3 Å². The molecule has 0 saturated carbocycles. The van der Waals surface area contributed by atoms with Gasteiger partial charge in [-0.25, -0.2) is 0 Å². The highest BCUT2D eigenvalue weighted by atomic mass is 16.5. The molecular formula is C26H31N3O3. The molecule has 4 heterocycles. The van der Waals surface area contributed by atoms with Crippen LogP contribution in [0, 0.1) is 24.2 Å². The number of ether oxygens (including phenoxy) is 1. The quantitative estimate of drug-likeness (QED) is 0.707. The molecular weight excluding hydrogens is 402 g/mol. The summed E-state index contributed by atoms with van der Waals surface area (Å²) in [5.74, 6) is 0.678. The van der Waals surface area contributed by atoms with E-state index in [4.69, 9.17) is 10.00 Å². The second-order valence-corrected chi connectivity index (χ2v) is 9.59. The molecule has 2 bridgehead atoms. The number of carbonyl (C=O) groups excluding carboxylic acids is 1. The van der Waals surface area contributed by atoms with Gasteiger partial charge in [0.25, 0.3) is 0 Å². The Morgan fingerprint density at radius 3 is 2.56 bits per heavy atom. The van der Waals surface area contributed by atoms with Gasteiger partial charge >= 0.3 is 0 Å².